The minimum atomic E-state index is 0.611. The van der Waals surface area contributed by atoms with Gasteiger partial charge >= 0.3 is 0 Å². The van der Waals surface area contributed by atoms with Gasteiger partial charge in [0, 0.05) is 22.0 Å². The maximum Gasteiger partial charge on any atom is 0.141 e. The quantitative estimate of drug-likeness (QED) is 0.429. The first-order chi connectivity index (χ1) is 12.1. The molecule has 3 rings (SSSR count). The molecule has 2 aromatic carbocycles. The first-order valence-corrected chi connectivity index (χ1v) is 8.61. The van der Waals surface area contributed by atoms with Crippen molar-refractivity contribution in [2.45, 2.75) is 13.3 Å². The van der Waals surface area contributed by atoms with Crippen LogP contribution in [-0.2, 0) is 6.42 Å². The monoisotopic (exact) mass is 395 g/mol. The minimum Gasteiger partial charge on any atom is -0.515 e. The summed E-state index contributed by atoms with van der Waals surface area (Å²) < 4.78 is 1.00. The lowest BCUT2D eigenvalue weighted by molar-refractivity contribution is 0.467. The Balaban J connectivity index is 1.93. The van der Waals surface area contributed by atoms with E-state index in [4.69, 9.17) is 0 Å². The predicted octanol–water partition coefficient (Wildman–Crippen LogP) is 5.70. The number of benzene rings is 2. The average Bonchev–Trinajstić information content (AvgIpc) is 2.59. The van der Waals surface area contributed by atoms with E-state index in [1.807, 2.05) is 49.4 Å². The van der Waals surface area contributed by atoms with Crippen LogP contribution in [0.5, 0.6) is 0 Å². The Morgan fingerprint density at radius 3 is 2.80 bits per heavy atom. The Labute approximate surface area is 155 Å². The molecule has 126 valence electrons. The fraction of sp³-hybridized carbons (Fsp3) is 0.100. The molecule has 0 atom stereocenters. The number of nitrogens with zero attached hydrogens (tertiary/aromatic N) is 2. The normalized spacial score (nSPS) is 11.5. The Hall–Kier alpha value is -2.66. The smallest absolute Gasteiger partial charge is 0.141 e. The van der Waals surface area contributed by atoms with Crippen LogP contribution in [0.2, 0.25) is 0 Å². The van der Waals surface area contributed by atoms with Crippen molar-refractivity contribution in [2.75, 3.05) is 5.32 Å². The van der Waals surface area contributed by atoms with E-state index in [1.54, 1.807) is 6.33 Å². The van der Waals surface area contributed by atoms with Gasteiger partial charge in [0.25, 0.3) is 0 Å². The maximum absolute atomic E-state index is 9.34. The Bertz CT molecular complexity index is 966. The molecule has 0 amide bonds. The number of hydrogen-bond acceptors (Lipinski definition) is 4. The fourth-order valence-electron chi connectivity index (χ4n) is 2.54. The van der Waals surface area contributed by atoms with Gasteiger partial charge in [0.2, 0.25) is 0 Å². The first kappa shape index (κ1) is 17.2. The van der Waals surface area contributed by atoms with Gasteiger partial charge in [0.05, 0.1) is 11.8 Å². The topological polar surface area (TPSA) is 58.0 Å². The molecule has 0 spiro atoms. The van der Waals surface area contributed by atoms with Crippen LogP contribution in [0.1, 0.15) is 12.5 Å². The van der Waals surface area contributed by atoms with E-state index < -0.39 is 0 Å². The van der Waals surface area contributed by atoms with Gasteiger partial charge in [0.1, 0.15) is 12.1 Å². The van der Waals surface area contributed by atoms with Crippen LogP contribution in [0.3, 0.4) is 0 Å². The number of nitrogens with one attached hydrogen (secondary N) is 1. The van der Waals surface area contributed by atoms with Gasteiger partial charge in [-0.1, -0.05) is 40.2 Å². The molecule has 1 aromatic heterocycles. The summed E-state index contributed by atoms with van der Waals surface area (Å²) >= 11 is 3.47. The minimum absolute atomic E-state index is 0.611. The summed E-state index contributed by atoms with van der Waals surface area (Å²) in [6.07, 6.45) is 3.28. The van der Waals surface area contributed by atoms with Crippen molar-refractivity contribution in [1.29, 1.82) is 0 Å². The van der Waals surface area contributed by atoms with E-state index in [1.165, 1.54) is 0 Å². The summed E-state index contributed by atoms with van der Waals surface area (Å²) in [5.41, 5.74) is 4.52. The average molecular weight is 396 g/mol. The Kier molecular flexibility index (Phi) is 5.14. The second-order valence-corrected chi connectivity index (χ2v) is 6.74. The van der Waals surface area contributed by atoms with Gasteiger partial charge in [-0.3, -0.25) is 0 Å². The van der Waals surface area contributed by atoms with Crippen LogP contribution >= 0.6 is 15.9 Å². The van der Waals surface area contributed by atoms with Gasteiger partial charge in [0.15, 0.2) is 0 Å². The third kappa shape index (κ3) is 4.06. The van der Waals surface area contributed by atoms with E-state index >= 15 is 0 Å². The Morgan fingerprint density at radius 2 is 2.08 bits per heavy atom. The van der Waals surface area contributed by atoms with E-state index in [0.29, 0.717) is 6.42 Å². The number of hydrogen-bond donors (Lipinski definition) is 2. The highest BCUT2D eigenvalue weighted by Crippen LogP contribution is 2.26. The summed E-state index contributed by atoms with van der Waals surface area (Å²) in [4.78, 5) is 8.74. The van der Waals surface area contributed by atoms with Gasteiger partial charge in [-0.2, -0.15) is 0 Å². The lowest BCUT2D eigenvalue weighted by Gasteiger charge is -2.10. The molecule has 0 bridgehead atoms. The molecule has 1 heterocycles. The zero-order valence-electron chi connectivity index (χ0n) is 13.8. The highest BCUT2D eigenvalue weighted by Gasteiger charge is 2.07. The van der Waals surface area contributed by atoms with Crippen LogP contribution in [0, 0.1) is 0 Å². The molecule has 0 aliphatic heterocycles. The molecule has 2 N–H and O–H groups in total. The summed E-state index contributed by atoms with van der Waals surface area (Å²) in [6, 6.07) is 13.9. The lowest BCUT2D eigenvalue weighted by Crippen LogP contribution is -1.97. The number of halogens is 1. The molecule has 0 saturated carbocycles. The molecular weight excluding hydrogens is 378 g/mol. The molecule has 25 heavy (non-hydrogen) atoms. The number of fused-ring (bicyclic) bond motifs is 1. The predicted molar refractivity (Wildman–Crippen MR) is 106 cm³/mol. The zero-order valence-corrected chi connectivity index (χ0v) is 15.4. The number of rotatable bonds is 5. The zero-order chi connectivity index (χ0) is 17.8. The molecule has 4 nitrogen and oxygen atoms in total. The number of anilines is 2. The third-order valence-electron chi connectivity index (χ3n) is 3.89. The van der Waals surface area contributed by atoms with Crippen LogP contribution in [0.15, 0.2) is 77.3 Å². The summed E-state index contributed by atoms with van der Waals surface area (Å²) in [7, 11) is 0. The first-order valence-electron chi connectivity index (χ1n) is 7.82. The summed E-state index contributed by atoms with van der Waals surface area (Å²) in [6.45, 7) is 5.77. The highest BCUT2D eigenvalue weighted by atomic mass is 79.9. The van der Waals surface area contributed by atoms with Crippen LogP contribution in [0.4, 0.5) is 11.5 Å². The molecule has 0 radical (unpaired) electrons. The van der Waals surface area contributed by atoms with Crippen molar-refractivity contribution in [3.63, 3.8) is 0 Å². The van der Waals surface area contributed by atoms with Gasteiger partial charge in [-0.15, -0.1) is 0 Å². The summed E-state index contributed by atoms with van der Waals surface area (Å²) in [5.74, 6) is 0.757. The number of aromatic nitrogens is 2. The van der Waals surface area contributed by atoms with Crippen molar-refractivity contribution in [2.24, 2.45) is 0 Å². The molecule has 0 aliphatic rings. The fourth-order valence-corrected chi connectivity index (χ4v) is 2.94. The Morgan fingerprint density at radius 1 is 1.24 bits per heavy atom. The molecule has 5 heteroatoms. The molecular formula is C20H18BrN3O. The van der Waals surface area contributed by atoms with Gasteiger partial charge in [-0.05, 0) is 48.4 Å². The molecule has 0 saturated heterocycles. The van der Waals surface area contributed by atoms with Crippen molar-refractivity contribution < 1.29 is 5.11 Å². The standard InChI is InChI=1S/C20H18BrN3O/c1-13(2)15(11-25)8-14-6-7-18-19(9-14)22-12-23-20(18)24-17-5-3-4-16(21)10-17/h3-7,9-12,25H,1,8H2,2H3,(H,22,23,24)/b15-11+. The summed E-state index contributed by atoms with van der Waals surface area (Å²) in [5, 5.41) is 13.6. The van der Waals surface area contributed by atoms with E-state index in [2.05, 4.69) is 37.8 Å². The lowest BCUT2D eigenvalue weighted by atomic mass is 10.0. The molecule has 3 aromatic rings. The molecule has 0 fully saturated rings. The largest absolute Gasteiger partial charge is 0.515 e. The van der Waals surface area contributed by atoms with Crippen LogP contribution in [0.25, 0.3) is 10.9 Å². The number of aliphatic hydroxyl groups excluding tert-OH is 1. The second-order valence-electron chi connectivity index (χ2n) is 5.82. The van der Waals surface area contributed by atoms with E-state index in [9.17, 15) is 5.11 Å². The van der Waals surface area contributed by atoms with Crippen LogP contribution in [-0.4, -0.2) is 15.1 Å². The number of allylic oxidation sites excluding steroid dienone is 2. The van der Waals surface area contributed by atoms with Crippen molar-refractivity contribution in [3.05, 3.63) is 82.8 Å². The van der Waals surface area contributed by atoms with Gasteiger partial charge in [-0.25, -0.2) is 9.97 Å². The van der Waals surface area contributed by atoms with Crippen molar-refractivity contribution in [3.8, 4) is 0 Å². The van der Waals surface area contributed by atoms with Crippen molar-refractivity contribution in [1.82, 2.24) is 9.97 Å². The molecule has 0 aliphatic carbocycles. The van der Waals surface area contributed by atoms with E-state index in [0.717, 1.165) is 49.9 Å². The van der Waals surface area contributed by atoms with Crippen LogP contribution < -0.4 is 5.32 Å². The van der Waals surface area contributed by atoms with Gasteiger partial charge < -0.3 is 10.4 Å². The highest BCUT2D eigenvalue weighted by molar-refractivity contribution is 9.10. The van der Waals surface area contributed by atoms with Crippen molar-refractivity contribution >= 4 is 38.3 Å². The molecule has 0 unspecified atom stereocenters. The third-order valence-corrected chi connectivity index (χ3v) is 4.38. The SMILES string of the molecule is C=C(C)/C(=C/O)Cc1ccc2c(Nc3cccc(Br)c3)ncnc2c1. The maximum atomic E-state index is 9.34. The number of aliphatic hydroxyl groups is 1. The van der Waals surface area contributed by atoms with E-state index in [-0.39, 0.29) is 0 Å². The second kappa shape index (κ2) is 7.49.